The number of hydrogen-bond acceptors (Lipinski definition) is 2. The first-order valence-corrected chi connectivity index (χ1v) is 4.24. The molecule has 0 aromatic carbocycles. The van der Waals surface area contributed by atoms with Gasteiger partial charge in [0.25, 0.3) is 0 Å². The van der Waals surface area contributed by atoms with Gasteiger partial charge in [-0.2, -0.15) is 0 Å². The Bertz CT molecular complexity index is 128. The molecule has 0 saturated carbocycles. The SMILES string of the molecule is C=C(C)CNC1CCOCC1. The summed E-state index contributed by atoms with van der Waals surface area (Å²) in [6.07, 6.45) is 2.29. The van der Waals surface area contributed by atoms with Crippen LogP contribution in [0.2, 0.25) is 0 Å². The monoisotopic (exact) mass is 155 g/mol. The Kier molecular flexibility index (Phi) is 3.60. The zero-order valence-electron chi connectivity index (χ0n) is 7.23. The van der Waals surface area contributed by atoms with E-state index in [1.807, 2.05) is 6.92 Å². The van der Waals surface area contributed by atoms with Crippen molar-refractivity contribution in [2.24, 2.45) is 0 Å². The predicted molar refractivity (Wildman–Crippen MR) is 46.7 cm³/mol. The maximum atomic E-state index is 5.24. The summed E-state index contributed by atoms with van der Waals surface area (Å²) in [5, 5.41) is 3.44. The van der Waals surface area contributed by atoms with E-state index in [2.05, 4.69) is 11.9 Å². The molecule has 0 radical (unpaired) electrons. The summed E-state index contributed by atoms with van der Waals surface area (Å²) in [5.41, 5.74) is 1.21. The second-order valence-electron chi connectivity index (χ2n) is 3.22. The van der Waals surface area contributed by atoms with Crippen LogP contribution in [0, 0.1) is 0 Å². The molecule has 0 aromatic heterocycles. The molecule has 1 N–H and O–H groups in total. The molecule has 0 spiro atoms. The van der Waals surface area contributed by atoms with Crippen LogP contribution in [0.15, 0.2) is 12.2 Å². The molecule has 0 amide bonds. The molecule has 1 rings (SSSR count). The molecule has 1 saturated heterocycles. The Morgan fingerprint density at radius 1 is 1.55 bits per heavy atom. The molecule has 2 heteroatoms. The molecule has 11 heavy (non-hydrogen) atoms. The lowest BCUT2D eigenvalue weighted by atomic mass is 10.1. The zero-order chi connectivity index (χ0) is 8.10. The van der Waals surface area contributed by atoms with Gasteiger partial charge in [-0.1, -0.05) is 12.2 Å². The van der Waals surface area contributed by atoms with Crippen molar-refractivity contribution in [1.82, 2.24) is 5.32 Å². The molecular formula is C9H17NO. The summed E-state index contributed by atoms with van der Waals surface area (Å²) in [5.74, 6) is 0. The largest absolute Gasteiger partial charge is 0.381 e. The molecule has 0 aliphatic carbocycles. The maximum absolute atomic E-state index is 5.24. The van der Waals surface area contributed by atoms with Gasteiger partial charge in [-0.15, -0.1) is 0 Å². The van der Waals surface area contributed by atoms with Crippen molar-refractivity contribution in [3.05, 3.63) is 12.2 Å². The zero-order valence-corrected chi connectivity index (χ0v) is 7.23. The average molecular weight is 155 g/mol. The fraction of sp³-hybridized carbons (Fsp3) is 0.778. The molecule has 1 aliphatic heterocycles. The smallest absolute Gasteiger partial charge is 0.0480 e. The topological polar surface area (TPSA) is 21.3 Å². The van der Waals surface area contributed by atoms with Crippen LogP contribution in [0.25, 0.3) is 0 Å². The minimum atomic E-state index is 0.653. The van der Waals surface area contributed by atoms with Crippen molar-refractivity contribution in [3.63, 3.8) is 0 Å². The average Bonchev–Trinajstić information content (AvgIpc) is 2.03. The molecule has 1 fully saturated rings. The highest BCUT2D eigenvalue weighted by molar-refractivity contribution is 4.91. The van der Waals surface area contributed by atoms with E-state index in [-0.39, 0.29) is 0 Å². The highest BCUT2D eigenvalue weighted by atomic mass is 16.5. The van der Waals surface area contributed by atoms with Gasteiger partial charge < -0.3 is 10.1 Å². The van der Waals surface area contributed by atoms with Crippen LogP contribution in [0.5, 0.6) is 0 Å². The van der Waals surface area contributed by atoms with Crippen molar-refractivity contribution in [3.8, 4) is 0 Å². The third kappa shape index (κ3) is 3.54. The van der Waals surface area contributed by atoms with Crippen LogP contribution < -0.4 is 5.32 Å². The van der Waals surface area contributed by atoms with Crippen molar-refractivity contribution in [1.29, 1.82) is 0 Å². The van der Waals surface area contributed by atoms with E-state index in [1.54, 1.807) is 0 Å². The van der Waals surface area contributed by atoms with Crippen molar-refractivity contribution < 1.29 is 4.74 Å². The Morgan fingerprint density at radius 3 is 2.73 bits per heavy atom. The Morgan fingerprint density at radius 2 is 2.18 bits per heavy atom. The molecular weight excluding hydrogens is 138 g/mol. The lowest BCUT2D eigenvalue weighted by Crippen LogP contribution is -2.35. The first kappa shape index (κ1) is 8.75. The van der Waals surface area contributed by atoms with Crippen molar-refractivity contribution in [2.45, 2.75) is 25.8 Å². The first-order valence-electron chi connectivity index (χ1n) is 4.24. The fourth-order valence-corrected chi connectivity index (χ4v) is 1.22. The molecule has 0 atom stereocenters. The summed E-state index contributed by atoms with van der Waals surface area (Å²) in [6.45, 7) is 8.66. The molecule has 1 heterocycles. The standard InChI is InChI=1S/C9H17NO/c1-8(2)7-10-9-3-5-11-6-4-9/h9-10H,1,3-7H2,2H3. The van der Waals surface area contributed by atoms with Gasteiger partial charge in [0.2, 0.25) is 0 Å². The van der Waals surface area contributed by atoms with Crippen LogP contribution in [0.3, 0.4) is 0 Å². The fourth-order valence-electron chi connectivity index (χ4n) is 1.22. The summed E-state index contributed by atoms with van der Waals surface area (Å²) in [6, 6.07) is 0.653. The van der Waals surface area contributed by atoms with Gasteiger partial charge in [0.1, 0.15) is 0 Å². The number of ether oxygens (including phenoxy) is 1. The highest BCUT2D eigenvalue weighted by Crippen LogP contribution is 2.05. The van der Waals surface area contributed by atoms with E-state index in [0.717, 1.165) is 32.6 Å². The number of nitrogens with one attached hydrogen (secondary N) is 1. The summed E-state index contributed by atoms with van der Waals surface area (Å²) in [7, 11) is 0. The van der Waals surface area contributed by atoms with E-state index in [1.165, 1.54) is 5.57 Å². The predicted octanol–water partition coefficient (Wildman–Crippen LogP) is 1.33. The van der Waals surface area contributed by atoms with E-state index in [9.17, 15) is 0 Å². The van der Waals surface area contributed by atoms with Crippen molar-refractivity contribution >= 4 is 0 Å². The van der Waals surface area contributed by atoms with Crippen LogP contribution in [-0.2, 0) is 4.74 Å². The quantitative estimate of drug-likeness (QED) is 0.621. The highest BCUT2D eigenvalue weighted by Gasteiger charge is 2.11. The van der Waals surface area contributed by atoms with Gasteiger partial charge in [-0.05, 0) is 19.8 Å². The van der Waals surface area contributed by atoms with Gasteiger partial charge in [0, 0.05) is 25.8 Å². The molecule has 0 aromatic rings. The minimum absolute atomic E-state index is 0.653. The lowest BCUT2D eigenvalue weighted by molar-refractivity contribution is 0.0788. The Balaban J connectivity index is 2.09. The normalized spacial score (nSPS) is 20.1. The van der Waals surface area contributed by atoms with E-state index < -0.39 is 0 Å². The first-order chi connectivity index (χ1) is 5.29. The number of hydrogen-bond donors (Lipinski definition) is 1. The third-order valence-corrected chi connectivity index (χ3v) is 1.91. The summed E-state index contributed by atoms with van der Waals surface area (Å²) in [4.78, 5) is 0. The van der Waals surface area contributed by atoms with Crippen LogP contribution in [-0.4, -0.2) is 25.8 Å². The van der Waals surface area contributed by atoms with Crippen LogP contribution in [0.1, 0.15) is 19.8 Å². The molecule has 0 bridgehead atoms. The van der Waals surface area contributed by atoms with E-state index in [0.29, 0.717) is 6.04 Å². The Hall–Kier alpha value is -0.340. The van der Waals surface area contributed by atoms with E-state index in [4.69, 9.17) is 4.74 Å². The summed E-state index contributed by atoms with van der Waals surface area (Å²) >= 11 is 0. The number of rotatable bonds is 3. The van der Waals surface area contributed by atoms with Gasteiger partial charge >= 0.3 is 0 Å². The van der Waals surface area contributed by atoms with Gasteiger partial charge in [-0.3, -0.25) is 0 Å². The Labute approximate surface area is 68.6 Å². The van der Waals surface area contributed by atoms with E-state index >= 15 is 0 Å². The lowest BCUT2D eigenvalue weighted by Gasteiger charge is -2.23. The van der Waals surface area contributed by atoms with Gasteiger partial charge in [0.05, 0.1) is 0 Å². The summed E-state index contributed by atoms with van der Waals surface area (Å²) < 4.78 is 5.24. The second-order valence-corrected chi connectivity index (χ2v) is 3.22. The second kappa shape index (κ2) is 4.52. The van der Waals surface area contributed by atoms with Crippen LogP contribution in [0.4, 0.5) is 0 Å². The minimum Gasteiger partial charge on any atom is -0.381 e. The van der Waals surface area contributed by atoms with Crippen LogP contribution >= 0.6 is 0 Å². The third-order valence-electron chi connectivity index (χ3n) is 1.91. The molecule has 64 valence electrons. The van der Waals surface area contributed by atoms with Gasteiger partial charge in [-0.25, -0.2) is 0 Å². The molecule has 1 aliphatic rings. The molecule has 0 unspecified atom stereocenters. The molecule has 2 nitrogen and oxygen atoms in total. The van der Waals surface area contributed by atoms with Crippen molar-refractivity contribution in [2.75, 3.05) is 19.8 Å². The maximum Gasteiger partial charge on any atom is 0.0480 e. The van der Waals surface area contributed by atoms with Gasteiger partial charge in [0.15, 0.2) is 0 Å².